The number of carbonyl (C=O) groups is 1. The number of rotatable bonds is 16. The first-order chi connectivity index (χ1) is 18.5. The Balaban J connectivity index is 2.31. The van der Waals surface area contributed by atoms with Crippen molar-refractivity contribution in [3.8, 4) is 11.5 Å². The average molecular weight is 550 g/mol. The molecule has 0 amide bonds. The summed E-state index contributed by atoms with van der Waals surface area (Å²) in [5.41, 5.74) is 8.62. The number of methoxy groups -OCH3 is 1. The Morgan fingerprint density at radius 1 is 1.21 bits per heavy atom. The third-order valence-corrected chi connectivity index (χ3v) is 6.02. The molecule has 0 aliphatic carbocycles. The van der Waals surface area contributed by atoms with E-state index in [9.17, 15) is 20.1 Å². The van der Waals surface area contributed by atoms with Gasteiger partial charge >= 0.3 is 5.97 Å². The van der Waals surface area contributed by atoms with Gasteiger partial charge in [-0.1, -0.05) is 36.3 Å². The molecule has 216 valence electrons. The van der Waals surface area contributed by atoms with E-state index in [0.29, 0.717) is 18.6 Å². The zero-order valence-electron chi connectivity index (χ0n) is 23.0. The van der Waals surface area contributed by atoms with Gasteiger partial charge in [-0.15, -0.1) is 0 Å². The SMILES string of the molecule is COCOc1ccc(OCCCN=[N+]=[N-])c(C=CC[C@@H]2OC(C)(C)O[C@@H]2C(O)C=C[C@@H](C)[C@H](C)O)c1C(=O)O. The van der Waals surface area contributed by atoms with Crippen LogP contribution in [0.25, 0.3) is 16.5 Å². The van der Waals surface area contributed by atoms with Crippen LogP contribution in [0.1, 0.15) is 56.5 Å². The summed E-state index contributed by atoms with van der Waals surface area (Å²) in [4.78, 5) is 14.9. The largest absolute Gasteiger partial charge is 0.493 e. The lowest BCUT2D eigenvalue weighted by atomic mass is 10.00. The summed E-state index contributed by atoms with van der Waals surface area (Å²) in [6, 6.07) is 3.09. The van der Waals surface area contributed by atoms with Crippen LogP contribution in [0.3, 0.4) is 0 Å². The van der Waals surface area contributed by atoms with Crippen molar-refractivity contribution in [2.24, 2.45) is 11.0 Å². The molecule has 39 heavy (non-hydrogen) atoms. The first-order valence-corrected chi connectivity index (χ1v) is 12.7. The molecule has 0 aromatic heterocycles. The minimum Gasteiger partial charge on any atom is -0.493 e. The molecule has 1 saturated heterocycles. The van der Waals surface area contributed by atoms with Crippen molar-refractivity contribution in [3.05, 3.63) is 51.9 Å². The van der Waals surface area contributed by atoms with Gasteiger partial charge in [-0.2, -0.15) is 0 Å². The highest BCUT2D eigenvalue weighted by atomic mass is 16.8. The highest BCUT2D eigenvalue weighted by molar-refractivity contribution is 5.96. The number of aliphatic hydroxyl groups is 2. The minimum atomic E-state index is -1.22. The first-order valence-electron chi connectivity index (χ1n) is 12.7. The quantitative estimate of drug-likeness (QED) is 0.0678. The summed E-state index contributed by atoms with van der Waals surface area (Å²) in [5.74, 6) is -1.88. The van der Waals surface area contributed by atoms with Gasteiger partial charge in [0.25, 0.3) is 0 Å². The smallest absolute Gasteiger partial charge is 0.340 e. The molecule has 5 atom stereocenters. The van der Waals surface area contributed by atoms with Crippen LogP contribution < -0.4 is 9.47 Å². The number of hydrogen-bond donors (Lipinski definition) is 3. The number of azide groups is 1. The van der Waals surface area contributed by atoms with Gasteiger partial charge in [0.05, 0.1) is 18.8 Å². The summed E-state index contributed by atoms with van der Waals surface area (Å²) < 4.78 is 28.2. The van der Waals surface area contributed by atoms with Crippen molar-refractivity contribution >= 4 is 12.0 Å². The Bertz CT molecular complexity index is 1050. The van der Waals surface area contributed by atoms with E-state index in [4.69, 9.17) is 29.2 Å². The van der Waals surface area contributed by atoms with Crippen molar-refractivity contribution in [2.45, 2.75) is 70.7 Å². The van der Waals surface area contributed by atoms with Gasteiger partial charge in [-0.3, -0.25) is 0 Å². The topological polar surface area (TPSA) is 173 Å². The maximum absolute atomic E-state index is 12.2. The van der Waals surface area contributed by atoms with Gasteiger partial charge in [-0.05, 0) is 57.2 Å². The van der Waals surface area contributed by atoms with Crippen LogP contribution in [0.2, 0.25) is 0 Å². The van der Waals surface area contributed by atoms with Crippen LogP contribution >= 0.6 is 0 Å². The molecule has 0 radical (unpaired) electrons. The second-order valence-corrected chi connectivity index (χ2v) is 9.61. The van der Waals surface area contributed by atoms with Crippen molar-refractivity contribution in [1.82, 2.24) is 0 Å². The highest BCUT2D eigenvalue weighted by Crippen LogP contribution is 2.35. The number of benzene rings is 1. The number of carboxylic acid groups (broad SMARTS) is 1. The third kappa shape index (κ3) is 9.85. The predicted octanol–water partition coefficient (Wildman–Crippen LogP) is 4.30. The molecule has 1 aromatic carbocycles. The molecule has 1 aliphatic rings. The van der Waals surface area contributed by atoms with E-state index in [-0.39, 0.29) is 42.7 Å². The molecule has 1 aliphatic heterocycles. The van der Waals surface area contributed by atoms with Gasteiger partial charge < -0.3 is 39.0 Å². The Kier molecular flexibility index (Phi) is 12.7. The van der Waals surface area contributed by atoms with Crippen molar-refractivity contribution < 1.29 is 43.8 Å². The maximum atomic E-state index is 12.2. The molecule has 0 spiro atoms. The molecule has 12 heteroatoms. The van der Waals surface area contributed by atoms with Crippen molar-refractivity contribution in [2.75, 3.05) is 27.1 Å². The second-order valence-electron chi connectivity index (χ2n) is 9.61. The Hall–Kier alpha value is -3.12. The van der Waals surface area contributed by atoms with Gasteiger partial charge in [0.2, 0.25) is 0 Å². The van der Waals surface area contributed by atoms with Gasteiger partial charge in [0.1, 0.15) is 29.3 Å². The molecular formula is C27H39N3O9. The molecule has 1 fully saturated rings. The summed E-state index contributed by atoms with van der Waals surface area (Å²) in [6.45, 7) is 7.32. The third-order valence-electron chi connectivity index (χ3n) is 6.02. The zero-order valence-corrected chi connectivity index (χ0v) is 23.0. The molecule has 2 rings (SSSR count). The van der Waals surface area contributed by atoms with Crippen LogP contribution in [-0.2, 0) is 14.2 Å². The second kappa shape index (κ2) is 15.5. The van der Waals surface area contributed by atoms with E-state index < -0.39 is 36.2 Å². The van der Waals surface area contributed by atoms with Gasteiger partial charge in [0.15, 0.2) is 12.6 Å². The fraction of sp³-hybridized carbons (Fsp3) is 0.593. The van der Waals surface area contributed by atoms with E-state index >= 15 is 0 Å². The molecular weight excluding hydrogens is 510 g/mol. The number of hydrogen-bond acceptors (Lipinski definition) is 9. The number of aliphatic hydroxyl groups excluding tert-OH is 2. The fourth-order valence-corrected chi connectivity index (χ4v) is 3.91. The predicted molar refractivity (Wildman–Crippen MR) is 143 cm³/mol. The van der Waals surface area contributed by atoms with Gasteiger partial charge in [0, 0.05) is 24.1 Å². The number of nitrogens with zero attached hydrogens (tertiary/aromatic N) is 3. The molecule has 1 unspecified atom stereocenters. The monoisotopic (exact) mass is 549 g/mol. The number of aromatic carboxylic acids is 1. The molecule has 0 bridgehead atoms. The average Bonchev–Trinajstić information content (AvgIpc) is 3.20. The standard InChI is InChI=1S/C27H39N3O9/c1-17(18(2)31)10-11-20(32)25-23(38-27(3,4)39-25)9-6-8-19-21(36-15-7-14-29-30-28)12-13-22(37-16-35-5)24(19)26(33)34/h6,8,10-13,17-18,20,23,25,31-32H,7,9,14-16H2,1-5H3,(H,33,34)/t17-,18+,20?,23+,25-/m1/s1. The summed E-state index contributed by atoms with van der Waals surface area (Å²) in [6.07, 6.45) is 4.62. The lowest BCUT2D eigenvalue weighted by molar-refractivity contribution is -0.152. The molecule has 1 heterocycles. The van der Waals surface area contributed by atoms with E-state index in [0.717, 1.165) is 0 Å². The summed E-state index contributed by atoms with van der Waals surface area (Å²) in [7, 11) is 1.43. The molecule has 3 N–H and O–H groups in total. The summed E-state index contributed by atoms with van der Waals surface area (Å²) >= 11 is 0. The lowest BCUT2D eigenvalue weighted by Gasteiger charge is -2.20. The highest BCUT2D eigenvalue weighted by Gasteiger charge is 2.43. The maximum Gasteiger partial charge on any atom is 0.340 e. The van der Waals surface area contributed by atoms with E-state index in [1.807, 2.05) is 6.92 Å². The van der Waals surface area contributed by atoms with Crippen LogP contribution in [0.15, 0.2) is 35.5 Å². The Morgan fingerprint density at radius 2 is 1.92 bits per heavy atom. The minimum absolute atomic E-state index is 0.105. The van der Waals surface area contributed by atoms with E-state index in [1.165, 1.54) is 13.2 Å². The van der Waals surface area contributed by atoms with Crippen LogP contribution in [0.5, 0.6) is 11.5 Å². The molecule has 0 saturated carbocycles. The Labute approximate surface area is 228 Å². The van der Waals surface area contributed by atoms with Crippen LogP contribution in [-0.4, -0.2) is 78.5 Å². The number of carboxylic acids is 1. The van der Waals surface area contributed by atoms with Crippen molar-refractivity contribution in [3.63, 3.8) is 0 Å². The summed E-state index contributed by atoms with van der Waals surface area (Å²) in [5, 5.41) is 34.0. The first kappa shape index (κ1) is 32.1. The number of ether oxygens (including phenoxy) is 5. The van der Waals surface area contributed by atoms with Crippen LogP contribution in [0.4, 0.5) is 0 Å². The van der Waals surface area contributed by atoms with Gasteiger partial charge in [-0.25, -0.2) is 4.79 Å². The van der Waals surface area contributed by atoms with E-state index in [2.05, 4.69) is 10.0 Å². The molecule has 12 nitrogen and oxygen atoms in total. The van der Waals surface area contributed by atoms with Crippen molar-refractivity contribution in [1.29, 1.82) is 0 Å². The Morgan fingerprint density at radius 3 is 2.56 bits per heavy atom. The fourth-order valence-electron chi connectivity index (χ4n) is 3.91. The zero-order chi connectivity index (χ0) is 29.0. The lowest BCUT2D eigenvalue weighted by Crippen LogP contribution is -2.34. The molecule has 1 aromatic rings. The van der Waals surface area contributed by atoms with E-state index in [1.54, 1.807) is 51.1 Å². The van der Waals surface area contributed by atoms with Crippen LogP contribution in [0, 0.1) is 5.92 Å². The normalized spacial score (nSPS) is 21.0.